The molecule has 0 saturated heterocycles. The number of aryl methyl sites for hydroxylation is 2. The lowest BCUT2D eigenvalue weighted by molar-refractivity contribution is 0.106. The van der Waals surface area contributed by atoms with E-state index in [1.165, 1.54) is 0 Å². The van der Waals surface area contributed by atoms with Crippen molar-refractivity contribution >= 4 is 11.6 Å². The molecule has 0 aliphatic heterocycles. The molecule has 2 rings (SSSR count). The van der Waals surface area contributed by atoms with Crippen LogP contribution in [0.15, 0.2) is 30.5 Å². The van der Waals surface area contributed by atoms with Crippen LogP contribution in [-0.2, 0) is 13.6 Å². The number of nitrogens with one attached hydrogen (secondary N) is 1. The number of hydrogen-bond acceptors (Lipinski definition) is 4. The molecule has 5 nitrogen and oxygen atoms in total. The molecule has 0 fully saturated rings. The van der Waals surface area contributed by atoms with Crippen molar-refractivity contribution in [2.45, 2.75) is 19.6 Å². The van der Waals surface area contributed by atoms with Crippen LogP contribution in [0, 0.1) is 6.92 Å². The van der Waals surface area contributed by atoms with Crippen LogP contribution in [0.2, 0.25) is 5.02 Å². The van der Waals surface area contributed by atoms with Gasteiger partial charge in [-0.25, -0.2) is 0 Å². The van der Waals surface area contributed by atoms with Gasteiger partial charge in [-0.05, 0) is 25.1 Å². The predicted molar refractivity (Wildman–Crippen MR) is 82.6 cm³/mol. The van der Waals surface area contributed by atoms with Crippen molar-refractivity contribution in [3.63, 3.8) is 0 Å². The minimum Gasteiger partial charge on any atom is -0.491 e. The molecule has 1 atom stereocenters. The van der Waals surface area contributed by atoms with Crippen LogP contribution in [0.25, 0.3) is 0 Å². The van der Waals surface area contributed by atoms with Crippen LogP contribution in [-0.4, -0.2) is 34.1 Å². The van der Waals surface area contributed by atoms with Gasteiger partial charge in [-0.1, -0.05) is 17.7 Å². The van der Waals surface area contributed by atoms with E-state index in [0.717, 1.165) is 11.3 Å². The Balaban J connectivity index is 1.70. The smallest absolute Gasteiger partial charge is 0.120 e. The highest BCUT2D eigenvalue weighted by Gasteiger charge is 2.07. The highest BCUT2D eigenvalue weighted by atomic mass is 35.5. The molecule has 21 heavy (non-hydrogen) atoms. The van der Waals surface area contributed by atoms with Crippen LogP contribution in [0.3, 0.4) is 0 Å². The topological polar surface area (TPSA) is 59.3 Å². The molecular weight excluding hydrogens is 290 g/mol. The van der Waals surface area contributed by atoms with E-state index in [0.29, 0.717) is 23.9 Å². The summed E-state index contributed by atoms with van der Waals surface area (Å²) in [7, 11) is 1.89. The molecule has 0 bridgehead atoms. The number of aliphatic hydroxyl groups is 1. The summed E-state index contributed by atoms with van der Waals surface area (Å²) >= 11 is 5.87. The van der Waals surface area contributed by atoms with Crippen molar-refractivity contribution in [2.24, 2.45) is 7.05 Å². The van der Waals surface area contributed by atoms with Gasteiger partial charge in [0, 0.05) is 36.9 Å². The number of ether oxygens (including phenoxy) is 1. The third-order valence-corrected chi connectivity index (χ3v) is 3.28. The summed E-state index contributed by atoms with van der Waals surface area (Å²) in [6.45, 7) is 3.32. The van der Waals surface area contributed by atoms with Crippen molar-refractivity contribution in [2.75, 3.05) is 13.2 Å². The van der Waals surface area contributed by atoms with Crippen LogP contribution < -0.4 is 10.1 Å². The fourth-order valence-corrected chi connectivity index (χ4v) is 2.18. The summed E-state index contributed by atoms with van der Waals surface area (Å²) in [5.41, 5.74) is 2.12. The molecule has 0 amide bonds. The van der Waals surface area contributed by atoms with Crippen LogP contribution in [0.5, 0.6) is 5.75 Å². The third-order valence-electron chi connectivity index (χ3n) is 3.05. The van der Waals surface area contributed by atoms with Gasteiger partial charge < -0.3 is 15.2 Å². The number of aliphatic hydroxyl groups excluding tert-OH is 1. The lowest BCUT2D eigenvalue weighted by Crippen LogP contribution is -2.31. The van der Waals surface area contributed by atoms with Crippen LogP contribution in [0.4, 0.5) is 0 Å². The second kappa shape index (κ2) is 7.45. The molecule has 1 aromatic heterocycles. The lowest BCUT2D eigenvalue weighted by atomic mass is 10.2. The van der Waals surface area contributed by atoms with E-state index in [1.807, 2.05) is 32.3 Å². The average Bonchev–Trinajstić information content (AvgIpc) is 2.75. The van der Waals surface area contributed by atoms with Crippen molar-refractivity contribution < 1.29 is 9.84 Å². The second-order valence-corrected chi connectivity index (χ2v) is 5.40. The molecule has 1 aromatic carbocycles. The van der Waals surface area contributed by atoms with Crippen molar-refractivity contribution in [1.29, 1.82) is 0 Å². The van der Waals surface area contributed by atoms with Crippen molar-refractivity contribution in [3.05, 3.63) is 46.7 Å². The van der Waals surface area contributed by atoms with E-state index in [2.05, 4.69) is 10.4 Å². The number of aromatic nitrogens is 2. The Morgan fingerprint density at radius 3 is 2.95 bits per heavy atom. The predicted octanol–water partition coefficient (Wildman–Crippen LogP) is 1.91. The lowest BCUT2D eigenvalue weighted by Gasteiger charge is -2.13. The Bertz CT molecular complexity index is 586. The van der Waals surface area contributed by atoms with Gasteiger partial charge in [0.05, 0.1) is 5.69 Å². The first-order chi connectivity index (χ1) is 10.0. The molecule has 0 aliphatic rings. The molecule has 114 valence electrons. The minimum atomic E-state index is -0.582. The quantitative estimate of drug-likeness (QED) is 0.820. The second-order valence-electron chi connectivity index (χ2n) is 4.97. The summed E-state index contributed by atoms with van der Waals surface area (Å²) in [5.74, 6) is 0.657. The van der Waals surface area contributed by atoms with Gasteiger partial charge in [-0.15, -0.1) is 0 Å². The SMILES string of the molecule is Cc1nn(C)cc1CNCC(O)COc1cccc(Cl)c1. The zero-order valence-electron chi connectivity index (χ0n) is 12.2. The maximum absolute atomic E-state index is 9.89. The van der Waals surface area contributed by atoms with Gasteiger partial charge in [-0.2, -0.15) is 5.10 Å². The Kier molecular flexibility index (Phi) is 5.61. The van der Waals surface area contributed by atoms with Gasteiger partial charge in [0.2, 0.25) is 0 Å². The van der Waals surface area contributed by atoms with E-state index in [9.17, 15) is 5.11 Å². The maximum Gasteiger partial charge on any atom is 0.120 e. The molecule has 1 unspecified atom stereocenters. The van der Waals surface area contributed by atoms with E-state index in [4.69, 9.17) is 16.3 Å². The van der Waals surface area contributed by atoms with Crippen molar-refractivity contribution in [3.8, 4) is 5.75 Å². The third kappa shape index (κ3) is 5.04. The normalized spacial score (nSPS) is 12.4. The number of halogens is 1. The highest BCUT2D eigenvalue weighted by Crippen LogP contribution is 2.17. The summed E-state index contributed by atoms with van der Waals surface area (Å²) < 4.78 is 7.27. The summed E-state index contributed by atoms with van der Waals surface area (Å²) in [6.07, 6.45) is 1.39. The van der Waals surface area contributed by atoms with Gasteiger partial charge in [0.15, 0.2) is 0 Å². The molecule has 0 saturated carbocycles. The molecule has 0 aliphatic carbocycles. The van der Waals surface area contributed by atoms with Gasteiger partial charge in [0.25, 0.3) is 0 Å². The summed E-state index contributed by atoms with van der Waals surface area (Å²) in [5, 5.41) is 18.0. The molecule has 1 heterocycles. The zero-order chi connectivity index (χ0) is 15.2. The Labute approximate surface area is 129 Å². The highest BCUT2D eigenvalue weighted by molar-refractivity contribution is 6.30. The summed E-state index contributed by atoms with van der Waals surface area (Å²) in [4.78, 5) is 0. The standard InChI is InChI=1S/C15H20ClN3O2/c1-11-12(9-19(2)18-11)7-17-8-14(20)10-21-15-5-3-4-13(16)6-15/h3-6,9,14,17,20H,7-8,10H2,1-2H3. The van der Waals surface area contributed by atoms with Gasteiger partial charge in [-0.3, -0.25) is 4.68 Å². The Hall–Kier alpha value is -1.56. The molecule has 0 spiro atoms. The number of rotatable bonds is 7. The molecule has 2 aromatic rings. The molecule has 6 heteroatoms. The number of nitrogens with zero attached hydrogens (tertiary/aromatic N) is 2. The molecular formula is C15H20ClN3O2. The number of benzene rings is 1. The largest absolute Gasteiger partial charge is 0.491 e. The van der Waals surface area contributed by atoms with E-state index < -0.39 is 6.10 Å². The first kappa shape index (κ1) is 15.8. The average molecular weight is 310 g/mol. The monoisotopic (exact) mass is 309 g/mol. The number of hydrogen-bond donors (Lipinski definition) is 2. The van der Waals surface area contributed by atoms with Crippen molar-refractivity contribution in [1.82, 2.24) is 15.1 Å². The molecule has 2 N–H and O–H groups in total. The van der Waals surface area contributed by atoms with E-state index in [1.54, 1.807) is 16.8 Å². The molecule has 0 radical (unpaired) electrons. The van der Waals surface area contributed by atoms with Gasteiger partial charge >= 0.3 is 0 Å². The van der Waals surface area contributed by atoms with E-state index >= 15 is 0 Å². The zero-order valence-corrected chi connectivity index (χ0v) is 13.0. The fourth-order valence-electron chi connectivity index (χ4n) is 2.00. The van der Waals surface area contributed by atoms with E-state index in [-0.39, 0.29) is 6.61 Å². The first-order valence-electron chi connectivity index (χ1n) is 6.81. The maximum atomic E-state index is 9.89. The van der Waals surface area contributed by atoms with Gasteiger partial charge in [0.1, 0.15) is 18.5 Å². The fraction of sp³-hybridized carbons (Fsp3) is 0.400. The Morgan fingerprint density at radius 2 is 2.29 bits per heavy atom. The minimum absolute atomic E-state index is 0.222. The van der Waals surface area contributed by atoms with Crippen LogP contribution in [0.1, 0.15) is 11.3 Å². The first-order valence-corrected chi connectivity index (χ1v) is 7.18. The van der Waals surface area contributed by atoms with Crippen LogP contribution >= 0.6 is 11.6 Å². The summed E-state index contributed by atoms with van der Waals surface area (Å²) in [6, 6.07) is 7.13. The Morgan fingerprint density at radius 1 is 1.48 bits per heavy atom.